The zero-order valence-corrected chi connectivity index (χ0v) is 19.8. The van der Waals surface area contributed by atoms with E-state index in [1.54, 1.807) is 0 Å². The molecule has 1 amide bonds. The van der Waals surface area contributed by atoms with Gasteiger partial charge in [-0.2, -0.15) is 5.10 Å². The fourth-order valence-electron chi connectivity index (χ4n) is 3.51. The van der Waals surface area contributed by atoms with Gasteiger partial charge in [0.1, 0.15) is 5.75 Å². The molecule has 0 aliphatic carbocycles. The van der Waals surface area contributed by atoms with Crippen molar-refractivity contribution < 1.29 is 9.53 Å². The predicted octanol–water partition coefficient (Wildman–Crippen LogP) is 6.08. The highest BCUT2D eigenvalue weighted by Gasteiger charge is 2.27. The van der Waals surface area contributed by atoms with E-state index in [-0.39, 0.29) is 23.3 Å². The van der Waals surface area contributed by atoms with Crippen LogP contribution in [0.1, 0.15) is 59.1 Å². The molecule has 5 heteroatoms. The fourth-order valence-corrected chi connectivity index (χ4v) is 3.78. The quantitative estimate of drug-likeness (QED) is 0.403. The van der Waals surface area contributed by atoms with Crippen LogP contribution in [0.4, 0.5) is 0 Å². The maximum Gasteiger partial charge on any atom is 0.277 e. The Labute approximate surface area is 182 Å². The highest BCUT2D eigenvalue weighted by Crippen LogP contribution is 2.36. The van der Waals surface area contributed by atoms with Gasteiger partial charge in [0.15, 0.2) is 6.61 Å². The number of halogens is 1. The van der Waals surface area contributed by atoms with Crippen molar-refractivity contribution in [1.82, 2.24) is 5.43 Å². The molecule has 156 valence electrons. The highest BCUT2D eigenvalue weighted by molar-refractivity contribution is 9.10. The first-order valence-corrected chi connectivity index (χ1v) is 10.6. The normalized spacial score (nSPS) is 12.6. The van der Waals surface area contributed by atoms with Crippen LogP contribution in [0.3, 0.4) is 0 Å². The van der Waals surface area contributed by atoms with Crippen LogP contribution >= 0.6 is 15.9 Å². The van der Waals surface area contributed by atoms with E-state index in [9.17, 15) is 4.79 Å². The molecule has 0 spiro atoms. The average Bonchev–Trinajstić information content (AvgIpc) is 2.63. The molecular weight excluding hydrogens is 428 g/mol. The first kappa shape index (κ1) is 23.1. The van der Waals surface area contributed by atoms with Gasteiger partial charge in [-0.05, 0) is 59.6 Å². The topological polar surface area (TPSA) is 50.7 Å². The summed E-state index contributed by atoms with van der Waals surface area (Å²) >= 11 is 3.40. The molecule has 2 aromatic rings. The van der Waals surface area contributed by atoms with Gasteiger partial charge in [-0.25, -0.2) is 5.43 Å². The molecule has 0 bridgehead atoms. The second-order valence-corrected chi connectivity index (χ2v) is 10.1. The molecular formula is C24H31BrN2O2. The van der Waals surface area contributed by atoms with Crippen LogP contribution in [0.15, 0.2) is 58.1 Å². The van der Waals surface area contributed by atoms with Crippen LogP contribution in [0, 0.1) is 5.41 Å². The lowest BCUT2D eigenvalue weighted by atomic mass is 9.72. The monoisotopic (exact) mass is 458 g/mol. The molecule has 2 aromatic carbocycles. The van der Waals surface area contributed by atoms with Crippen molar-refractivity contribution in [2.24, 2.45) is 10.5 Å². The number of nitrogens with zero attached hydrogens (tertiary/aromatic N) is 1. The molecule has 1 N–H and O–H groups in total. The molecule has 0 atom stereocenters. The lowest BCUT2D eigenvalue weighted by Crippen LogP contribution is -2.26. The van der Waals surface area contributed by atoms with E-state index in [4.69, 9.17) is 4.74 Å². The van der Waals surface area contributed by atoms with E-state index in [1.165, 1.54) is 5.56 Å². The van der Waals surface area contributed by atoms with Crippen LogP contribution < -0.4 is 10.2 Å². The maximum absolute atomic E-state index is 12.0. The molecule has 0 heterocycles. The lowest BCUT2D eigenvalue weighted by Gasteiger charge is -2.33. The predicted molar refractivity (Wildman–Crippen MR) is 124 cm³/mol. The Morgan fingerprint density at radius 1 is 1.00 bits per heavy atom. The number of ether oxygens (including phenoxy) is 1. The molecule has 4 nitrogen and oxygen atoms in total. The number of carbonyl (C=O) groups is 1. The van der Waals surface area contributed by atoms with Crippen molar-refractivity contribution in [2.45, 2.75) is 53.4 Å². The van der Waals surface area contributed by atoms with Crippen molar-refractivity contribution in [3.63, 3.8) is 0 Å². The van der Waals surface area contributed by atoms with Crippen LogP contribution in [0.5, 0.6) is 5.75 Å². The van der Waals surface area contributed by atoms with E-state index in [1.807, 2.05) is 43.3 Å². The third-order valence-corrected chi connectivity index (χ3v) is 5.12. The van der Waals surface area contributed by atoms with Gasteiger partial charge in [-0.1, -0.05) is 74.8 Å². The number of benzene rings is 2. The van der Waals surface area contributed by atoms with Crippen molar-refractivity contribution in [3.05, 3.63) is 64.1 Å². The van der Waals surface area contributed by atoms with Crippen LogP contribution in [0.25, 0.3) is 0 Å². The van der Waals surface area contributed by atoms with Crippen molar-refractivity contribution in [2.75, 3.05) is 6.61 Å². The lowest BCUT2D eigenvalue weighted by molar-refractivity contribution is -0.123. The van der Waals surface area contributed by atoms with Gasteiger partial charge in [0.05, 0.1) is 5.71 Å². The third kappa shape index (κ3) is 7.65. The molecule has 0 radical (unpaired) electrons. The minimum Gasteiger partial charge on any atom is -0.484 e. The largest absolute Gasteiger partial charge is 0.484 e. The smallest absolute Gasteiger partial charge is 0.277 e. The Balaban J connectivity index is 1.88. The summed E-state index contributed by atoms with van der Waals surface area (Å²) < 4.78 is 6.60. The fraction of sp³-hybridized carbons (Fsp3) is 0.417. The summed E-state index contributed by atoms with van der Waals surface area (Å²) in [6.07, 6.45) is 1.08. The Hall–Kier alpha value is -2.14. The number of rotatable bonds is 7. The zero-order valence-electron chi connectivity index (χ0n) is 18.2. The van der Waals surface area contributed by atoms with E-state index < -0.39 is 0 Å². The molecule has 0 aliphatic heterocycles. The van der Waals surface area contributed by atoms with Gasteiger partial charge >= 0.3 is 0 Å². The van der Waals surface area contributed by atoms with E-state index >= 15 is 0 Å². The van der Waals surface area contributed by atoms with Crippen LogP contribution in [-0.4, -0.2) is 18.2 Å². The van der Waals surface area contributed by atoms with Crippen molar-refractivity contribution >= 4 is 27.5 Å². The molecule has 0 fully saturated rings. The van der Waals surface area contributed by atoms with Gasteiger partial charge in [-0.3, -0.25) is 4.79 Å². The van der Waals surface area contributed by atoms with Crippen LogP contribution in [0.2, 0.25) is 0 Å². The molecule has 0 aromatic heterocycles. The summed E-state index contributed by atoms with van der Waals surface area (Å²) in [7, 11) is 0. The second kappa shape index (κ2) is 9.57. The van der Waals surface area contributed by atoms with E-state index in [0.717, 1.165) is 22.2 Å². The molecule has 0 saturated heterocycles. The highest BCUT2D eigenvalue weighted by atomic mass is 79.9. The molecule has 0 saturated carbocycles. The molecule has 2 rings (SSSR count). The van der Waals surface area contributed by atoms with Gasteiger partial charge in [-0.15, -0.1) is 0 Å². The second-order valence-electron chi connectivity index (χ2n) is 9.17. The zero-order chi connectivity index (χ0) is 21.7. The maximum atomic E-state index is 12.0. The third-order valence-electron chi connectivity index (χ3n) is 4.59. The van der Waals surface area contributed by atoms with Gasteiger partial charge < -0.3 is 4.74 Å². The first-order chi connectivity index (χ1) is 13.5. The summed E-state index contributed by atoms with van der Waals surface area (Å²) in [5.74, 6) is 0.377. The summed E-state index contributed by atoms with van der Waals surface area (Å²) in [6, 6.07) is 15.7. The average molecular weight is 459 g/mol. The van der Waals surface area contributed by atoms with Gasteiger partial charge in [0.2, 0.25) is 0 Å². The molecule has 0 aliphatic rings. The van der Waals surface area contributed by atoms with Crippen molar-refractivity contribution in [3.8, 4) is 5.75 Å². The first-order valence-electron chi connectivity index (χ1n) is 9.79. The van der Waals surface area contributed by atoms with E-state index in [2.05, 4.69) is 73.2 Å². The number of nitrogens with one attached hydrogen (secondary N) is 1. The Morgan fingerprint density at radius 2 is 1.59 bits per heavy atom. The van der Waals surface area contributed by atoms with E-state index in [0.29, 0.717) is 5.75 Å². The summed E-state index contributed by atoms with van der Waals surface area (Å²) in [5, 5.41) is 4.14. The van der Waals surface area contributed by atoms with Gasteiger partial charge in [0.25, 0.3) is 5.91 Å². The minimum atomic E-state index is -0.293. The standard InChI is InChI=1S/C24H31BrN2O2/c1-17(18-7-11-20(25)12-8-18)26-27-22(28)15-29-21-13-9-19(10-14-21)24(5,6)16-23(2,3)4/h7-14H,15-16H2,1-6H3,(H,27,28). The molecule has 29 heavy (non-hydrogen) atoms. The Kier molecular flexibility index (Phi) is 7.64. The number of hydrazone groups is 1. The Morgan fingerprint density at radius 3 is 2.14 bits per heavy atom. The summed E-state index contributed by atoms with van der Waals surface area (Å²) in [4.78, 5) is 12.0. The number of amides is 1. The van der Waals surface area contributed by atoms with Crippen molar-refractivity contribution in [1.29, 1.82) is 0 Å². The summed E-state index contributed by atoms with van der Waals surface area (Å²) in [5.41, 5.74) is 5.81. The van der Waals surface area contributed by atoms with Gasteiger partial charge in [0, 0.05) is 4.47 Å². The number of hydrogen-bond donors (Lipinski definition) is 1. The molecule has 0 unspecified atom stereocenters. The minimum absolute atomic E-state index is 0.0768. The van der Waals surface area contributed by atoms with Crippen LogP contribution in [-0.2, 0) is 10.2 Å². The SMILES string of the molecule is CC(=NNC(=O)COc1ccc(C(C)(C)CC(C)(C)C)cc1)c1ccc(Br)cc1. The summed E-state index contributed by atoms with van der Waals surface area (Å²) in [6.45, 7) is 13.0. The number of carbonyl (C=O) groups excluding carboxylic acids is 1. The Bertz CT molecular complexity index is 848. The number of hydrogen-bond acceptors (Lipinski definition) is 3.